The molecule has 0 aliphatic heterocycles. The van der Waals surface area contributed by atoms with E-state index in [2.05, 4.69) is 16.8 Å². The number of amides is 1. The van der Waals surface area contributed by atoms with Crippen LogP contribution in [0.3, 0.4) is 0 Å². The summed E-state index contributed by atoms with van der Waals surface area (Å²) in [5, 5.41) is 8.98. The molecule has 136 valence electrons. The van der Waals surface area contributed by atoms with Crippen molar-refractivity contribution in [3.8, 4) is 0 Å². The lowest BCUT2D eigenvalue weighted by molar-refractivity contribution is -0.116. The summed E-state index contributed by atoms with van der Waals surface area (Å²) in [6, 6.07) is 13.5. The highest BCUT2D eigenvalue weighted by molar-refractivity contribution is 8.00. The summed E-state index contributed by atoms with van der Waals surface area (Å²) in [5.74, 6) is 1.09. The molecule has 0 atom stereocenters. The van der Waals surface area contributed by atoms with Gasteiger partial charge < -0.3 is 9.32 Å². The number of rotatable bonds is 6. The number of anilines is 1. The molecule has 3 aromatic heterocycles. The minimum absolute atomic E-state index is 0.0130. The van der Waals surface area contributed by atoms with E-state index in [1.165, 1.54) is 11.8 Å². The Kier molecular flexibility index (Phi) is 4.68. The van der Waals surface area contributed by atoms with Crippen LogP contribution in [-0.2, 0) is 4.79 Å². The molecular weight excluding hydrogens is 360 g/mol. The maximum absolute atomic E-state index is 12.8. The zero-order valence-electron chi connectivity index (χ0n) is 14.8. The Morgan fingerprint density at radius 3 is 2.89 bits per heavy atom. The molecule has 4 aromatic rings. The fourth-order valence-electron chi connectivity index (χ4n) is 3.00. The number of thioether (sulfide) groups is 1. The fourth-order valence-corrected chi connectivity index (χ4v) is 3.83. The zero-order valence-corrected chi connectivity index (χ0v) is 15.6. The predicted molar refractivity (Wildman–Crippen MR) is 107 cm³/mol. The van der Waals surface area contributed by atoms with Gasteiger partial charge in [0, 0.05) is 24.4 Å². The maximum atomic E-state index is 12.8. The van der Waals surface area contributed by atoms with Crippen molar-refractivity contribution in [3.63, 3.8) is 0 Å². The molecule has 0 aliphatic carbocycles. The third kappa shape index (κ3) is 3.33. The average molecular weight is 378 g/mol. The van der Waals surface area contributed by atoms with Crippen molar-refractivity contribution >= 4 is 40.0 Å². The quantitative estimate of drug-likeness (QED) is 0.373. The van der Waals surface area contributed by atoms with Crippen molar-refractivity contribution in [2.75, 3.05) is 17.2 Å². The van der Waals surface area contributed by atoms with Gasteiger partial charge in [-0.3, -0.25) is 9.20 Å². The lowest BCUT2D eigenvalue weighted by Crippen LogP contribution is -2.32. The molecule has 4 rings (SSSR count). The molecule has 0 radical (unpaired) electrons. The van der Waals surface area contributed by atoms with Gasteiger partial charge in [0.15, 0.2) is 5.58 Å². The second kappa shape index (κ2) is 7.28. The van der Waals surface area contributed by atoms with E-state index in [0.29, 0.717) is 11.6 Å². The zero-order chi connectivity index (χ0) is 18.8. The van der Waals surface area contributed by atoms with E-state index in [1.54, 1.807) is 17.3 Å². The molecular formula is C20H18N4O2S. The maximum Gasteiger partial charge on any atom is 0.237 e. The first kappa shape index (κ1) is 17.4. The molecule has 0 unspecified atom stereocenters. The van der Waals surface area contributed by atoms with Gasteiger partial charge in [-0.2, -0.15) is 0 Å². The normalized spacial score (nSPS) is 11.1. The van der Waals surface area contributed by atoms with Gasteiger partial charge in [-0.1, -0.05) is 36.0 Å². The van der Waals surface area contributed by atoms with E-state index < -0.39 is 0 Å². The number of carbonyl (C=O) groups excluding carboxylic acids is 1. The summed E-state index contributed by atoms with van der Waals surface area (Å²) in [5.41, 5.74) is 3.46. The molecule has 0 aliphatic rings. The molecule has 27 heavy (non-hydrogen) atoms. The van der Waals surface area contributed by atoms with Crippen LogP contribution in [-0.4, -0.2) is 32.8 Å². The minimum atomic E-state index is -0.0130. The number of aromatic nitrogens is 3. The summed E-state index contributed by atoms with van der Waals surface area (Å²) in [4.78, 5) is 14.5. The molecule has 0 N–H and O–H groups in total. The lowest BCUT2D eigenvalue weighted by Gasteiger charge is -2.21. The smallest absolute Gasteiger partial charge is 0.237 e. The van der Waals surface area contributed by atoms with Crippen molar-refractivity contribution < 1.29 is 9.21 Å². The lowest BCUT2D eigenvalue weighted by atomic mass is 10.3. The molecule has 0 saturated heterocycles. The van der Waals surface area contributed by atoms with E-state index >= 15 is 0 Å². The number of hydrogen-bond donors (Lipinski definition) is 0. The summed E-state index contributed by atoms with van der Waals surface area (Å²) in [6.45, 7) is 6.12. The number of carbonyl (C=O) groups is 1. The SMILES string of the molecule is C=CCN(C(=O)CSc1nncn2c1cc1oc(C)cc12)c1ccccc1. The molecule has 1 amide bonds. The standard InChI is InChI=1S/C20H18N4O2S/c1-3-9-23(15-7-5-4-6-8-15)19(25)12-27-20-17-11-18-16(10-14(2)26-18)24(17)13-21-22-20/h3-8,10-11,13H,1,9,12H2,2H3. The van der Waals surface area contributed by atoms with Crippen molar-refractivity contribution in [1.29, 1.82) is 0 Å². The molecule has 0 spiro atoms. The van der Waals surface area contributed by atoms with Gasteiger partial charge in [-0.25, -0.2) is 0 Å². The van der Waals surface area contributed by atoms with Gasteiger partial charge in [-0.05, 0) is 19.1 Å². The van der Waals surface area contributed by atoms with Crippen LogP contribution in [0, 0.1) is 6.92 Å². The van der Waals surface area contributed by atoms with Gasteiger partial charge in [-0.15, -0.1) is 16.8 Å². The summed E-state index contributed by atoms with van der Waals surface area (Å²) in [7, 11) is 0. The molecule has 6 nitrogen and oxygen atoms in total. The van der Waals surface area contributed by atoms with Crippen LogP contribution >= 0.6 is 11.8 Å². The highest BCUT2D eigenvalue weighted by Crippen LogP contribution is 2.29. The van der Waals surface area contributed by atoms with Crippen LogP contribution < -0.4 is 4.90 Å². The third-order valence-electron chi connectivity index (χ3n) is 4.20. The topological polar surface area (TPSA) is 63.6 Å². The second-order valence-electron chi connectivity index (χ2n) is 6.06. The molecule has 0 saturated carbocycles. The van der Waals surface area contributed by atoms with Gasteiger partial charge in [0.25, 0.3) is 0 Å². The molecule has 0 fully saturated rings. The Morgan fingerprint density at radius 1 is 1.30 bits per heavy atom. The van der Waals surface area contributed by atoms with Crippen molar-refractivity contribution in [1.82, 2.24) is 14.6 Å². The molecule has 3 heterocycles. The summed E-state index contributed by atoms with van der Waals surface area (Å²) < 4.78 is 7.62. The van der Waals surface area contributed by atoms with Gasteiger partial charge in [0.1, 0.15) is 17.1 Å². The minimum Gasteiger partial charge on any atom is -0.460 e. The van der Waals surface area contributed by atoms with Gasteiger partial charge in [0.2, 0.25) is 5.91 Å². The third-order valence-corrected chi connectivity index (χ3v) is 5.15. The van der Waals surface area contributed by atoms with Crippen LogP contribution in [0.2, 0.25) is 0 Å². The molecule has 0 bridgehead atoms. The Morgan fingerprint density at radius 2 is 2.11 bits per heavy atom. The van der Waals surface area contributed by atoms with Crippen LogP contribution in [0.4, 0.5) is 5.69 Å². The van der Waals surface area contributed by atoms with Crippen molar-refractivity contribution in [2.24, 2.45) is 0 Å². The predicted octanol–water partition coefficient (Wildman–Crippen LogP) is 4.10. The van der Waals surface area contributed by atoms with Crippen LogP contribution in [0.15, 0.2) is 70.9 Å². The Balaban J connectivity index is 1.58. The van der Waals surface area contributed by atoms with E-state index in [4.69, 9.17) is 4.42 Å². The Hall–Kier alpha value is -3.06. The van der Waals surface area contributed by atoms with Gasteiger partial charge in [0.05, 0.1) is 16.8 Å². The van der Waals surface area contributed by atoms with E-state index in [1.807, 2.05) is 53.8 Å². The summed E-state index contributed by atoms with van der Waals surface area (Å²) >= 11 is 1.37. The van der Waals surface area contributed by atoms with E-state index in [9.17, 15) is 4.79 Å². The average Bonchev–Trinajstić information content (AvgIpc) is 3.21. The second-order valence-corrected chi connectivity index (χ2v) is 7.02. The number of furan rings is 1. The van der Waals surface area contributed by atoms with Crippen LogP contribution in [0.25, 0.3) is 16.6 Å². The number of aryl methyl sites for hydroxylation is 1. The fraction of sp³-hybridized carbons (Fsp3) is 0.150. The van der Waals surface area contributed by atoms with Crippen LogP contribution in [0.1, 0.15) is 5.76 Å². The van der Waals surface area contributed by atoms with E-state index in [-0.39, 0.29) is 11.7 Å². The Labute approximate surface area is 160 Å². The highest BCUT2D eigenvalue weighted by Gasteiger charge is 2.17. The largest absolute Gasteiger partial charge is 0.460 e. The van der Waals surface area contributed by atoms with Crippen molar-refractivity contribution in [2.45, 2.75) is 11.9 Å². The summed E-state index contributed by atoms with van der Waals surface area (Å²) in [6.07, 6.45) is 3.38. The first-order valence-electron chi connectivity index (χ1n) is 8.49. The number of nitrogens with zero attached hydrogens (tertiary/aromatic N) is 4. The number of hydrogen-bond acceptors (Lipinski definition) is 5. The van der Waals surface area contributed by atoms with Crippen LogP contribution in [0.5, 0.6) is 0 Å². The first-order chi connectivity index (χ1) is 13.2. The molecule has 1 aromatic carbocycles. The highest BCUT2D eigenvalue weighted by atomic mass is 32.2. The monoisotopic (exact) mass is 378 g/mol. The Bertz CT molecular complexity index is 1120. The van der Waals surface area contributed by atoms with E-state index in [0.717, 1.165) is 28.1 Å². The number of fused-ring (bicyclic) bond motifs is 3. The first-order valence-corrected chi connectivity index (χ1v) is 9.48. The van der Waals surface area contributed by atoms with Crippen molar-refractivity contribution in [3.05, 3.63) is 67.2 Å². The number of para-hydroxylation sites is 1. The molecule has 7 heteroatoms. The number of benzene rings is 1. The van der Waals surface area contributed by atoms with Gasteiger partial charge >= 0.3 is 0 Å².